The molecule has 18 heavy (non-hydrogen) atoms. The lowest BCUT2D eigenvalue weighted by molar-refractivity contribution is 0.628. The van der Waals surface area contributed by atoms with Crippen molar-refractivity contribution in [1.82, 2.24) is 9.97 Å². The third kappa shape index (κ3) is 2.76. The van der Waals surface area contributed by atoms with Crippen molar-refractivity contribution >= 4 is 23.1 Å². The molecular weight excluding hydrogens is 253 g/mol. The van der Waals surface area contributed by atoms with Crippen LogP contribution in [0.3, 0.4) is 0 Å². The van der Waals surface area contributed by atoms with Crippen molar-refractivity contribution in [3.8, 4) is 0 Å². The summed E-state index contributed by atoms with van der Waals surface area (Å²) in [5, 5.41) is 0.389. The maximum atomic E-state index is 13.2. The molecule has 0 spiro atoms. The van der Waals surface area contributed by atoms with E-state index >= 15 is 0 Å². The number of benzene rings is 1. The molecule has 2 rings (SSSR count). The number of hydrogen-bond donors (Lipinski definition) is 0. The Morgan fingerprint density at radius 1 is 1.28 bits per heavy atom. The Balaban J connectivity index is 2.39. The van der Waals surface area contributed by atoms with Crippen molar-refractivity contribution in [2.45, 2.75) is 13.3 Å². The number of nitrogens with zero attached hydrogens (tertiary/aromatic N) is 3. The zero-order chi connectivity index (χ0) is 13.1. The molecule has 0 aliphatic carbocycles. The number of anilines is 2. The maximum Gasteiger partial charge on any atom is 0.137 e. The van der Waals surface area contributed by atoms with Crippen LogP contribution in [0, 0.1) is 5.82 Å². The van der Waals surface area contributed by atoms with Crippen molar-refractivity contribution in [3.63, 3.8) is 0 Å². The second-order valence-electron chi connectivity index (χ2n) is 3.86. The van der Waals surface area contributed by atoms with E-state index in [0.29, 0.717) is 28.9 Å². The summed E-state index contributed by atoms with van der Waals surface area (Å²) in [6, 6.07) is 7.98. The molecule has 2 aromatic rings. The fourth-order valence-corrected chi connectivity index (χ4v) is 1.79. The number of aromatic nitrogens is 2. The molecule has 0 aliphatic rings. The molecule has 94 valence electrons. The average Bonchev–Trinajstić information content (AvgIpc) is 2.37. The zero-order valence-corrected chi connectivity index (χ0v) is 10.9. The number of hydrogen-bond acceptors (Lipinski definition) is 3. The summed E-state index contributed by atoms with van der Waals surface area (Å²) >= 11 is 5.94. The zero-order valence-electron chi connectivity index (χ0n) is 10.2. The first-order valence-corrected chi connectivity index (χ1v) is 6.00. The summed E-state index contributed by atoms with van der Waals surface area (Å²) in [7, 11) is 1.81. The lowest BCUT2D eigenvalue weighted by Crippen LogP contribution is -2.13. The highest BCUT2D eigenvalue weighted by molar-refractivity contribution is 6.29. The van der Waals surface area contributed by atoms with Crippen LogP contribution in [0.1, 0.15) is 12.7 Å². The van der Waals surface area contributed by atoms with Gasteiger partial charge in [-0.25, -0.2) is 14.4 Å². The number of aryl methyl sites for hydroxylation is 1. The predicted octanol–water partition coefficient (Wildman–Crippen LogP) is 3.60. The number of rotatable bonds is 3. The summed E-state index contributed by atoms with van der Waals surface area (Å²) in [5.74, 6) is 1.04. The van der Waals surface area contributed by atoms with Gasteiger partial charge in [0.05, 0.1) is 0 Å². The Bertz CT molecular complexity index is 560. The monoisotopic (exact) mass is 265 g/mol. The standard InChI is InChI=1S/C13H13ClFN3/c1-3-12-16-11(14)8-13(17-12)18(2)10-6-4-5-9(15)7-10/h4-8H,3H2,1-2H3. The van der Waals surface area contributed by atoms with Gasteiger partial charge in [-0.15, -0.1) is 0 Å². The van der Waals surface area contributed by atoms with Gasteiger partial charge in [0, 0.05) is 25.2 Å². The van der Waals surface area contributed by atoms with Crippen molar-refractivity contribution < 1.29 is 4.39 Å². The topological polar surface area (TPSA) is 29.0 Å². The van der Waals surface area contributed by atoms with E-state index in [9.17, 15) is 4.39 Å². The van der Waals surface area contributed by atoms with Gasteiger partial charge in [-0.3, -0.25) is 0 Å². The van der Waals surface area contributed by atoms with Gasteiger partial charge in [0.1, 0.15) is 22.6 Å². The molecule has 0 unspecified atom stereocenters. The molecule has 1 heterocycles. The molecule has 0 N–H and O–H groups in total. The van der Waals surface area contributed by atoms with Crippen LogP contribution < -0.4 is 4.90 Å². The molecule has 0 atom stereocenters. The molecule has 1 aromatic heterocycles. The van der Waals surface area contributed by atoms with Gasteiger partial charge in [-0.2, -0.15) is 0 Å². The van der Waals surface area contributed by atoms with E-state index in [1.54, 1.807) is 17.0 Å². The highest BCUT2D eigenvalue weighted by Crippen LogP contribution is 2.24. The minimum Gasteiger partial charge on any atom is -0.329 e. The van der Waals surface area contributed by atoms with Crippen LogP contribution in [0.15, 0.2) is 30.3 Å². The van der Waals surface area contributed by atoms with E-state index < -0.39 is 0 Å². The largest absolute Gasteiger partial charge is 0.329 e. The molecule has 0 aliphatic heterocycles. The van der Waals surface area contributed by atoms with E-state index in [-0.39, 0.29) is 5.82 Å². The Labute approximate surface area is 110 Å². The first-order chi connectivity index (χ1) is 8.60. The van der Waals surface area contributed by atoms with E-state index in [1.807, 2.05) is 20.0 Å². The van der Waals surface area contributed by atoms with Crippen molar-refractivity contribution in [2.24, 2.45) is 0 Å². The average molecular weight is 266 g/mol. The molecule has 0 saturated carbocycles. The lowest BCUT2D eigenvalue weighted by atomic mass is 10.3. The summed E-state index contributed by atoms with van der Waals surface area (Å²) in [6.45, 7) is 1.96. The van der Waals surface area contributed by atoms with Gasteiger partial charge in [-0.1, -0.05) is 24.6 Å². The summed E-state index contributed by atoms with van der Waals surface area (Å²) in [6.07, 6.45) is 0.699. The number of halogens is 2. The lowest BCUT2D eigenvalue weighted by Gasteiger charge is -2.18. The molecule has 0 radical (unpaired) electrons. The van der Waals surface area contributed by atoms with Gasteiger partial charge in [0.15, 0.2) is 0 Å². The minimum atomic E-state index is -0.282. The van der Waals surface area contributed by atoms with E-state index in [4.69, 9.17) is 11.6 Å². The highest BCUT2D eigenvalue weighted by Gasteiger charge is 2.09. The predicted molar refractivity (Wildman–Crippen MR) is 70.9 cm³/mol. The van der Waals surface area contributed by atoms with Crippen LogP contribution in [0.5, 0.6) is 0 Å². The Morgan fingerprint density at radius 2 is 2.06 bits per heavy atom. The molecular formula is C13H13ClFN3. The Hall–Kier alpha value is -1.68. The van der Waals surface area contributed by atoms with E-state index in [0.717, 1.165) is 0 Å². The van der Waals surface area contributed by atoms with Crippen LogP contribution in [0.2, 0.25) is 5.15 Å². The van der Waals surface area contributed by atoms with Crippen molar-refractivity contribution in [3.05, 3.63) is 47.1 Å². The van der Waals surface area contributed by atoms with Gasteiger partial charge < -0.3 is 4.90 Å². The fraction of sp³-hybridized carbons (Fsp3) is 0.231. The van der Waals surface area contributed by atoms with Crippen molar-refractivity contribution in [1.29, 1.82) is 0 Å². The van der Waals surface area contributed by atoms with Crippen LogP contribution in [-0.2, 0) is 6.42 Å². The maximum absolute atomic E-state index is 13.2. The smallest absolute Gasteiger partial charge is 0.137 e. The van der Waals surface area contributed by atoms with E-state index in [1.165, 1.54) is 12.1 Å². The van der Waals surface area contributed by atoms with Gasteiger partial charge >= 0.3 is 0 Å². The van der Waals surface area contributed by atoms with Gasteiger partial charge in [-0.05, 0) is 18.2 Å². The second kappa shape index (κ2) is 5.31. The molecule has 3 nitrogen and oxygen atoms in total. The summed E-state index contributed by atoms with van der Waals surface area (Å²) < 4.78 is 13.2. The quantitative estimate of drug-likeness (QED) is 0.794. The summed E-state index contributed by atoms with van der Waals surface area (Å²) in [4.78, 5) is 10.2. The minimum absolute atomic E-state index is 0.282. The first kappa shape index (κ1) is 12.8. The Morgan fingerprint density at radius 3 is 2.72 bits per heavy atom. The Kier molecular flexibility index (Phi) is 3.77. The molecule has 0 bridgehead atoms. The SMILES string of the molecule is CCc1nc(Cl)cc(N(C)c2cccc(F)c2)n1. The third-order valence-electron chi connectivity index (χ3n) is 2.58. The van der Waals surface area contributed by atoms with Crippen LogP contribution >= 0.6 is 11.6 Å². The molecule has 5 heteroatoms. The van der Waals surface area contributed by atoms with E-state index in [2.05, 4.69) is 9.97 Å². The van der Waals surface area contributed by atoms with Gasteiger partial charge in [0.2, 0.25) is 0 Å². The molecule has 0 fully saturated rings. The molecule has 0 amide bonds. The second-order valence-corrected chi connectivity index (χ2v) is 4.24. The summed E-state index contributed by atoms with van der Waals surface area (Å²) in [5.41, 5.74) is 0.715. The fourth-order valence-electron chi connectivity index (χ4n) is 1.60. The van der Waals surface area contributed by atoms with Gasteiger partial charge in [0.25, 0.3) is 0 Å². The van der Waals surface area contributed by atoms with Crippen molar-refractivity contribution in [2.75, 3.05) is 11.9 Å². The van der Waals surface area contributed by atoms with Crippen LogP contribution in [0.25, 0.3) is 0 Å². The molecule has 0 saturated heterocycles. The van der Waals surface area contributed by atoms with Crippen LogP contribution in [-0.4, -0.2) is 17.0 Å². The normalized spacial score (nSPS) is 10.4. The highest BCUT2D eigenvalue weighted by atomic mass is 35.5. The first-order valence-electron chi connectivity index (χ1n) is 5.63. The van der Waals surface area contributed by atoms with Crippen LogP contribution in [0.4, 0.5) is 15.9 Å². The third-order valence-corrected chi connectivity index (χ3v) is 2.78. The molecule has 1 aromatic carbocycles.